The Balaban J connectivity index is 1.59. The minimum absolute atomic E-state index is 0.327. The molecule has 0 aliphatic carbocycles. The predicted molar refractivity (Wildman–Crippen MR) is 133 cm³/mol. The van der Waals surface area contributed by atoms with Crippen LogP contribution in [0.5, 0.6) is 5.75 Å². The summed E-state index contributed by atoms with van der Waals surface area (Å²) in [4.78, 5) is 18.3. The highest BCUT2D eigenvalue weighted by Crippen LogP contribution is 2.37. The molecule has 8 heteroatoms. The van der Waals surface area contributed by atoms with E-state index in [9.17, 15) is 9.18 Å². The Labute approximate surface area is 202 Å². The van der Waals surface area contributed by atoms with Crippen LogP contribution >= 0.6 is 0 Å². The topological polar surface area (TPSA) is 81.1 Å². The molecule has 176 valence electrons. The summed E-state index contributed by atoms with van der Waals surface area (Å²) in [5.74, 6) is 0.888. The summed E-state index contributed by atoms with van der Waals surface area (Å²) < 4.78 is 20.8. The van der Waals surface area contributed by atoms with Crippen LogP contribution < -0.4 is 15.4 Å². The summed E-state index contributed by atoms with van der Waals surface area (Å²) >= 11 is 0. The molecule has 35 heavy (non-hydrogen) atoms. The van der Waals surface area contributed by atoms with E-state index >= 15 is 0 Å². The number of ether oxygens (including phenoxy) is 1. The van der Waals surface area contributed by atoms with Crippen molar-refractivity contribution < 1.29 is 13.9 Å². The number of aryl methyl sites for hydroxylation is 1. The lowest BCUT2D eigenvalue weighted by Gasteiger charge is -2.28. The summed E-state index contributed by atoms with van der Waals surface area (Å²) in [7, 11) is 1.55. The standard InChI is InChI=1S/C27H24FN5O2/c1-16-8-10-19(11-9-16)25-31-27-29-17(2)23(26(34)30-21-6-4-5-7-22(21)35-3)24(33(27)32-25)18-12-14-20(28)15-13-18/h4-15,24H,1-3H3,(H,30,34)(H,29,31,32). The lowest BCUT2D eigenvalue weighted by Crippen LogP contribution is -2.31. The average molecular weight is 470 g/mol. The summed E-state index contributed by atoms with van der Waals surface area (Å²) in [5, 5.41) is 10.9. The molecule has 0 spiro atoms. The molecule has 4 aromatic rings. The molecule has 3 aromatic carbocycles. The second kappa shape index (κ2) is 9.06. The van der Waals surface area contributed by atoms with Crippen LogP contribution in [-0.2, 0) is 4.79 Å². The molecule has 2 N–H and O–H groups in total. The summed E-state index contributed by atoms with van der Waals surface area (Å²) in [6, 6.07) is 20.6. The van der Waals surface area contributed by atoms with Gasteiger partial charge in [0.2, 0.25) is 5.95 Å². The molecule has 1 aromatic heterocycles. The van der Waals surface area contributed by atoms with Crippen molar-refractivity contribution in [2.24, 2.45) is 0 Å². The number of hydrogen-bond acceptors (Lipinski definition) is 5. The van der Waals surface area contributed by atoms with Crippen LogP contribution in [0, 0.1) is 12.7 Å². The normalized spacial score (nSPS) is 14.8. The van der Waals surface area contributed by atoms with Gasteiger partial charge in [-0.15, -0.1) is 5.10 Å². The summed E-state index contributed by atoms with van der Waals surface area (Å²) in [6.07, 6.45) is 0. The second-order valence-corrected chi connectivity index (χ2v) is 8.34. The Morgan fingerprint density at radius 2 is 1.74 bits per heavy atom. The van der Waals surface area contributed by atoms with Gasteiger partial charge in [0.05, 0.1) is 18.4 Å². The fourth-order valence-corrected chi connectivity index (χ4v) is 4.16. The largest absolute Gasteiger partial charge is 0.495 e. The molecule has 0 bridgehead atoms. The second-order valence-electron chi connectivity index (χ2n) is 8.34. The molecule has 0 radical (unpaired) electrons. The number of para-hydroxylation sites is 2. The number of rotatable bonds is 5. The maximum Gasteiger partial charge on any atom is 0.255 e. The molecular weight excluding hydrogens is 445 g/mol. The highest BCUT2D eigenvalue weighted by atomic mass is 19.1. The van der Waals surface area contributed by atoms with Gasteiger partial charge in [0.25, 0.3) is 5.91 Å². The summed E-state index contributed by atoms with van der Waals surface area (Å²) in [5.41, 5.74) is 4.31. The molecule has 0 saturated carbocycles. The molecule has 1 aliphatic rings. The van der Waals surface area contributed by atoms with E-state index in [1.807, 2.05) is 50.2 Å². The molecule has 0 fully saturated rings. The van der Waals surface area contributed by atoms with Crippen LogP contribution in [0.2, 0.25) is 0 Å². The number of halogens is 1. The highest BCUT2D eigenvalue weighted by Gasteiger charge is 2.34. The molecule has 1 amide bonds. The van der Waals surface area contributed by atoms with Crippen LogP contribution in [0.15, 0.2) is 84.1 Å². The number of amides is 1. The number of nitrogens with one attached hydrogen (secondary N) is 2. The Hall–Kier alpha value is -4.46. The van der Waals surface area contributed by atoms with Crippen molar-refractivity contribution in [3.8, 4) is 17.1 Å². The third kappa shape index (κ3) is 4.26. The molecule has 0 saturated heterocycles. The van der Waals surface area contributed by atoms with E-state index < -0.39 is 6.04 Å². The molecule has 1 atom stereocenters. The van der Waals surface area contributed by atoms with Gasteiger partial charge in [-0.1, -0.05) is 54.1 Å². The van der Waals surface area contributed by atoms with Crippen molar-refractivity contribution in [2.45, 2.75) is 19.9 Å². The van der Waals surface area contributed by atoms with E-state index in [-0.39, 0.29) is 11.7 Å². The third-order valence-corrected chi connectivity index (χ3v) is 5.95. The Morgan fingerprint density at radius 1 is 1.03 bits per heavy atom. The lowest BCUT2D eigenvalue weighted by atomic mass is 9.95. The molecule has 1 unspecified atom stereocenters. The first kappa shape index (κ1) is 22.3. The van der Waals surface area contributed by atoms with Crippen LogP contribution in [0.4, 0.5) is 16.0 Å². The Kier molecular flexibility index (Phi) is 5.78. The number of hydrogen-bond donors (Lipinski definition) is 2. The zero-order valence-corrected chi connectivity index (χ0v) is 19.5. The van der Waals surface area contributed by atoms with Crippen molar-refractivity contribution in [3.63, 3.8) is 0 Å². The minimum Gasteiger partial charge on any atom is -0.495 e. The Bertz CT molecular complexity index is 1420. The van der Waals surface area contributed by atoms with Gasteiger partial charge in [0.15, 0.2) is 5.82 Å². The highest BCUT2D eigenvalue weighted by molar-refractivity contribution is 6.06. The smallest absolute Gasteiger partial charge is 0.255 e. The zero-order chi connectivity index (χ0) is 24.5. The fraction of sp³-hybridized carbons (Fsp3) is 0.148. The number of methoxy groups -OCH3 is 1. The number of anilines is 2. The van der Waals surface area contributed by atoms with Gasteiger partial charge in [-0.2, -0.15) is 4.98 Å². The van der Waals surface area contributed by atoms with Crippen molar-refractivity contribution >= 4 is 17.5 Å². The lowest BCUT2D eigenvalue weighted by molar-refractivity contribution is -0.113. The van der Waals surface area contributed by atoms with Crippen LogP contribution in [0.3, 0.4) is 0 Å². The van der Waals surface area contributed by atoms with Crippen molar-refractivity contribution in [1.82, 2.24) is 14.8 Å². The number of nitrogens with zero attached hydrogens (tertiary/aromatic N) is 3. The number of fused-ring (bicyclic) bond motifs is 1. The third-order valence-electron chi connectivity index (χ3n) is 5.95. The average Bonchev–Trinajstić information content (AvgIpc) is 3.28. The number of carbonyl (C=O) groups is 1. The van der Waals surface area contributed by atoms with Crippen molar-refractivity contribution in [3.05, 3.63) is 101 Å². The number of allylic oxidation sites excluding steroid dienone is 1. The molecule has 1 aliphatic heterocycles. The van der Waals surface area contributed by atoms with E-state index in [4.69, 9.17) is 9.84 Å². The zero-order valence-electron chi connectivity index (χ0n) is 19.5. The van der Waals surface area contributed by atoms with E-state index in [1.54, 1.807) is 36.1 Å². The van der Waals surface area contributed by atoms with Gasteiger partial charge in [0.1, 0.15) is 17.6 Å². The number of benzene rings is 3. The molecule has 2 heterocycles. The van der Waals surface area contributed by atoms with Gasteiger partial charge in [-0.25, -0.2) is 9.07 Å². The summed E-state index contributed by atoms with van der Waals surface area (Å²) in [6.45, 7) is 3.83. The Morgan fingerprint density at radius 3 is 2.46 bits per heavy atom. The molecular formula is C27H24FN5O2. The number of carbonyl (C=O) groups excluding carboxylic acids is 1. The van der Waals surface area contributed by atoms with E-state index in [0.717, 1.165) is 11.1 Å². The first-order valence-corrected chi connectivity index (χ1v) is 11.2. The van der Waals surface area contributed by atoms with Gasteiger partial charge < -0.3 is 15.4 Å². The van der Waals surface area contributed by atoms with Gasteiger partial charge in [-0.05, 0) is 43.7 Å². The quantitative estimate of drug-likeness (QED) is 0.413. The van der Waals surface area contributed by atoms with Crippen molar-refractivity contribution in [1.29, 1.82) is 0 Å². The maximum absolute atomic E-state index is 13.8. The van der Waals surface area contributed by atoms with Gasteiger partial charge in [-0.3, -0.25) is 4.79 Å². The first-order valence-electron chi connectivity index (χ1n) is 11.2. The maximum atomic E-state index is 13.8. The number of aromatic nitrogens is 3. The minimum atomic E-state index is -0.617. The van der Waals surface area contributed by atoms with E-state index in [2.05, 4.69) is 15.6 Å². The first-order chi connectivity index (χ1) is 16.9. The monoisotopic (exact) mass is 469 g/mol. The van der Waals surface area contributed by atoms with Gasteiger partial charge >= 0.3 is 0 Å². The molecule has 5 rings (SSSR count). The molecule has 7 nitrogen and oxygen atoms in total. The fourth-order valence-electron chi connectivity index (χ4n) is 4.16. The van der Waals surface area contributed by atoms with Crippen molar-refractivity contribution in [2.75, 3.05) is 17.7 Å². The predicted octanol–water partition coefficient (Wildman–Crippen LogP) is 5.33. The van der Waals surface area contributed by atoms with E-state index in [0.29, 0.717) is 40.0 Å². The SMILES string of the molecule is COc1ccccc1NC(=O)C1=C(C)Nc2nc(-c3ccc(C)cc3)nn2C1c1ccc(F)cc1. The van der Waals surface area contributed by atoms with Gasteiger partial charge in [0, 0.05) is 11.3 Å². The van der Waals surface area contributed by atoms with Crippen LogP contribution in [0.25, 0.3) is 11.4 Å². The van der Waals surface area contributed by atoms with Crippen LogP contribution in [0.1, 0.15) is 24.1 Å². The van der Waals surface area contributed by atoms with E-state index in [1.165, 1.54) is 12.1 Å². The van der Waals surface area contributed by atoms with Crippen LogP contribution in [-0.4, -0.2) is 27.8 Å².